The fourth-order valence-electron chi connectivity index (χ4n) is 6.78. The Morgan fingerprint density at radius 1 is 0.981 bits per heavy atom. The first-order valence-corrected chi connectivity index (χ1v) is 19.2. The Morgan fingerprint density at radius 3 is 2.50 bits per heavy atom. The minimum Gasteiger partial charge on any atom is -0.480 e. The SMILES string of the molecule is C=CCOC(=O)c1ccc(-c2nn(-c3ccc(C(=O)NC(CCCCNC(=O)CCCC[C@@H]4SC[C@@H]5NC(=O)N[C@@H]54)C(=O)O)cc3)c3ccccc23)cc1. The van der Waals surface area contributed by atoms with Crippen molar-refractivity contribution in [1.82, 2.24) is 31.0 Å². The Morgan fingerprint density at radius 2 is 1.74 bits per heavy atom. The summed E-state index contributed by atoms with van der Waals surface area (Å²) in [5, 5.41) is 27.4. The zero-order valence-electron chi connectivity index (χ0n) is 29.8. The van der Waals surface area contributed by atoms with Gasteiger partial charge >= 0.3 is 18.0 Å². The van der Waals surface area contributed by atoms with Gasteiger partial charge in [-0.2, -0.15) is 16.9 Å². The van der Waals surface area contributed by atoms with Crippen LogP contribution in [0.15, 0.2) is 85.5 Å². The Kier molecular flexibility index (Phi) is 12.7. The van der Waals surface area contributed by atoms with E-state index in [1.807, 2.05) is 48.2 Å². The van der Waals surface area contributed by atoms with Crippen molar-refractivity contribution in [2.24, 2.45) is 0 Å². The zero-order valence-corrected chi connectivity index (χ0v) is 30.6. The Hall–Kier alpha value is -5.63. The molecule has 2 saturated heterocycles. The summed E-state index contributed by atoms with van der Waals surface area (Å²) in [7, 11) is 0. The lowest BCUT2D eigenvalue weighted by atomic mass is 10.0. The number of nitrogens with zero attached hydrogens (tertiary/aromatic N) is 2. The summed E-state index contributed by atoms with van der Waals surface area (Å²) in [6.07, 6.45) is 5.87. The molecule has 1 aromatic heterocycles. The molecule has 282 valence electrons. The minimum absolute atomic E-state index is 0.0361. The van der Waals surface area contributed by atoms with Crippen molar-refractivity contribution in [3.05, 3.63) is 96.6 Å². The van der Waals surface area contributed by atoms with Crippen LogP contribution in [0.4, 0.5) is 4.79 Å². The monoisotopic (exact) mass is 752 g/mol. The van der Waals surface area contributed by atoms with E-state index < -0.39 is 23.9 Å². The molecule has 3 heterocycles. The number of hydrogen-bond acceptors (Lipinski definition) is 8. The molecule has 4 aromatic rings. The highest BCUT2D eigenvalue weighted by atomic mass is 32.2. The number of ether oxygens (including phenoxy) is 1. The van der Waals surface area contributed by atoms with Crippen LogP contribution in [-0.2, 0) is 14.3 Å². The lowest BCUT2D eigenvalue weighted by molar-refractivity contribution is -0.139. The number of fused-ring (bicyclic) bond motifs is 2. The third-order valence-corrected chi connectivity index (χ3v) is 11.1. The summed E-state index contributed by atoms with van der Waals surface area (Å²) in [6, 6.07) is 20.7. The number of amides is 4. The first-order chi connectivity index (χ1) is 26.2. The van der Waals surface area contributed by atoms with Crippen LogP contribution in [0.5, 0.6) is 0 Å². The largest absolute Gasteiger partial charge is 0.480 e. The van der Waals surface area contributed by atoms with E-state index in [0.717, 1.165) is 41.5 Å². The van der Waals surface area contributed by atoms with Gasteiger partial charge in [-0.05, 0) is 74.6 Å². The molecule has 5 N–H and O–H groups in total. The summed E-state index contributed by atoms with van der Waals surface area (Å²) < 4.78 is 6.90. The Balaban J connectivity index is 0.961. The Bertz CT molecular complexity index is 2000. The number of rotatable bonds is 18. The molecule has 4 atom stereocenters. The molecule has 0 bridgehead atoms. The van der Waals surface area contributed by atoms with Crippen LogP contribution in [0.25, 0.3) is 27.8 Å². The van der Waals surface area contributed by atoms with Gasteiger partial charge in [-0.1, -0.05) is 49.4 Å². The number of carbonyl (C=O) groups is 5. The van der Waals surface area contributed by atoms with E-state index in [-0.39, 0.29) is 37.0 Å². The first-order valence-electron chi connectivity index (χ1n) is 18.2. The molecule has 0 saturated carbocycles. The molecule has 2 aliphatic rings. The number of hydrogen-bond donors (Lipinski definition) is 5. The summed E-state index contributed by atoms with van der Waals surface area (Å²) in [5.41, 5.74) is 3.81. The summed E-state index contributed by atoms with van der Waals surface area (Å²) >= 11 is 1.86. The number of unbranched alkanes of at least 4 members (excludes halogenated alkanes) is 2. The molecule has 2 fully saturated rings. The molecule has 0 spiro atoms. The lowest BCUT2D eigenvalue weighted by Gasteiger charge is -2.16. The van der Waals surface area contributed by atoms with E-state index in [9.17, 15) is 29.1 Å². The predicted molar refractivity (Wildman–Crippen MR) is 207 cm³/mol. The number of carboxylic acid groups (broad SMARTS) is 1. The fraction of sp³-hybridized carbons (Fsp3) is 0.350. The second-order valence-electron chi connectivity index (χ2n) is 13.4. The van der Waals surface area contributed by atoms with Gasteiger partial charge in [0.2, 0.25) is 5.91 Å². The number of benzene rings is 3. The standard InChI is InChI=1S/C40H44N6O7S/c1-2-23-53-39(51)27-16-14-25(15-17-27)35-29-9-3-4-11-32(29)46(45-35)28-20-18-26(19-21-28)37(48)42-30(38(49)50)10-7-8-22-41-34(47)13-6-5-12-33-36-31(24-54-33)43-40(52)44-36/h2-4,9,11,14-21,30-31,33,36H,1,5-8,10,12-13,22-24H2,(H,41,47)(H,42,48)(H,49,50)(H2,43,44,52)/t30?,31-,33-,36-/m0/s1. The number of urea groups is 1. The van der Waals surface area contributed by atoms with Crippen LogP contribution in [0.3, 0.4) is 0 Å². The maximum absolute atomic E-state index is 13.1. The van der Waals surface area contributed by atoms with Crippen LogP contribution in [0.2, 0.25) is 0 Å². The number of para-hydroxylation sites is 1. The maximum Gasteiger partial charge on any atom is 0.338 e. The predicted octanol–water partition coefficient (Wildman–Crippen LogP) is 5.23. The summed E-state index contributed by atoms with van der Waals surface area (Å²) in [5.74, 6) is -1.18. The van der Waals surface area contributed by atoms with Crippen molar-refractivity contribution in [2.45, 2.75) is 68.3 Å². The van der Waals surface area contributed by atoms with Gasteiger partial charge in [0.15, 0.2) is 0 Å². The second-order valence-corrected chi connectivity index (χ2v) is 14.6. The van der Waals surface area contributed by atoms with E-state index >= 15 is 0 Å². The number of esters is 1. The van der Waals surface area contributed by atoms with Crippen LogP contribution < -0.4 is 21.3 Å². The highest BCUT2D eigenvalue weighted by molar-refractivity contribution is 8.00. The second kappa shape index (κ2) is 17.9. The molecule has 6 rings (SSSR count). The molecule has 3 aromatic carbocycles. The molecule has 13 nitrogen and oxygen atoms in total. The van der Waals surface area contributed by atoms with Crippen LogP contribution in [0.1, 0.15) is 65.7 Å². The number of aromatic nitrogens is 2. The van der Waals surface area contributed by atoms with Crippen molar-refractivity contribution in [1.29, 1.82) is 0 Å². The van der Waals surface area contributed by atoms with Crippen molar-refractivity contribution >= 4 is 52.4 Å². The third kappa shape index (κ3) is 9.29. The molecular formula is C40H44N6O7S. The Labute approximate surface area is 317 Å². The van der Waals surface area contributed by atoms with E-state index in [4.69, 9.17) is 9.84 Å². The van der Waals surface area contributed by atoms with Crippen molar-refractivity contribution < 1.29 is 33.8 Å². The molecule has 2 aliphatic heterocycles. The molecule has 1 unspecified atom stereocenters. The third-order valence-electron chi connectivity index (χ3n) is 9.61. The molecular weight excluding hydrogens is 709 g/mol. The topological polar surface area (TPSA) is 181 Å². The average molecular weight is 753 g/mol. The maximum atomic E-state index is 13.1. The smallest absolute Gasteiger partial charge is 0.338 e. The van der Waals surface area contributed by atoms with Crippen LogP contribution in [0, 0.1) is 0 Å². The molecule has 0 aliphatic carbocycles. The van der Waals surface area contributed by atoms with Crippen molar-refractivity contribution in [3.63, 3.8) is 0 Å². The highest BCUT2D eigenvalue weighted by Gasteiger charge is 2.42. The average Bonchev–Trinajstić information content (AvgIpc) is 3.87. The van der Waals surface area contributed by atoms with E-state index in [1.165, 1.54) is 6.08 Å². The highest BCUT2D eigenvalue weighted by Crippen LogP contribution is 2.33. The summed E-state index contributed by atoms with van der Waals surface area (Å²) in [4.78, 5) is 61.2. The van der Waals surface area contributed by atoms with E-state index in [0.29, 0.717) is 53.6 Å². The van der Waals surface area contributed by atoms with Gasteiger partial charge in [-0.3, -0.25) is 9.59 Å². The van der Waals surface area contributed by atoms with Gasteiger partial charge in [-0.25, -0.2) is 19.1 Å². The van der Waals surface area contributed by atoms with Gasteiger partial charge in [0.05, 0.1) is 28.9 Å². The number of thioether (sulfide) groups is 1. The van der Waals surface area contributed by atoms with Crippen molar-refractivity contribution in [3.8, 4) is 16.9 Å². The number of nitrogens with one attached hydrogen (secondary N) is 4. The van der Waals surface area contributed by atoms with Crippen LogP contribution >= 0.6 is 11.8 Å². The minimum atomic E-state index is -1.12. The van der Waals surface area contributed by atoms with Gasteiger partial charge < -0.3 is 31.1 Å². The first kappa shape index (κ1) is 38.1. The fourth-order valence-corrected chi connectivity index (χ4v) is 8.32. The quantitative estimate of drug-likeness (QED) is 0.0394. The number of carboxylic acids is 1. The lowest BCUT2D eigenvalue weighted by Crippen LogP contribution is -2.40. The summed E-state index contributed by atoms with van der Waals surface area (Å²) in [6.45, 7) is 4.12. The molecule has 4 amide bonds. The van der Waals surface area contributed by atoms with Gasteiger partial charge in [0.1, 0.15) is 18.3 Å². The van der Waals surface area contributed by atoms with Gasteiger partial charge in [-0.15, -0.1) is 0 Å². The molecule has 0 radical (unpaired) electrons. The van der Waals surface area contributed by atoms with Gasteiger partial charge in [0.25, 0.3) is 5.91 Å². The van der Waals surface area contributed by atoms with Crippen LogP contribution in [-0.4, -0.2) is 87.0 Å². The molecule has 54 heavy (non-hydrogen) atoms. The zero-order chi connectivity index (χ0) is 38.0. The van der Waals surface area contributed by atoms with Crippen molar-refractivity contribution in [2.75, 3.05) is 18.9 Å². The number of carbonyl (C=O) groups excluding carboxylic acids is 4. The normalized spacial score (nSPS) is 17.9. The van der Waals surface area contributed by atoms with E-state index in [1.54, 1.807) is 41.1 Å². The van der Waals surface area contributed by atoms with Gasteiger partial charge in [0, 0.05) is 40.5 Å². The molecule has 14 heteroatoms. The number of aliphatic carboxylic acids is 1. The van der Waals surface area contributed by atoms with E-state index in [2.05, 4.69) is 27.8 Å².